The van der Waals surface area contributed by atoms with Crippen LogP contribution in [0.2, 0.25) is 0 Å². The molecule has 16 heavy (non-hydrogen) atoms. The summed E-state index contributed by atoms with van der Waals surface area (Å²) in [6, 6.07) is -13.1. The van der Waals surface area contributed by atoms with Crippen LogP contribution >= 0.6 is 11.8 Å². The van der Waals surface area contributed by atoms with E-state index in [1.54, 1.807) is 0 Å². The van der Waals surface area contributed by atoms with Gasteiger partial charge in [-0.05, 0) is 11.8 Å². The second kappa shape index (κ2) is 3.79. The van der Waals surface area contributed by atoms with Crippen LogP contribution in [-0.4, -0.2) is 28.9 Å². The fraction of sp³-hybridized carbons (Fsp3) is 1.00. The Kier molecular flexibility index (Phi) is 3.68. The molecule has 0 saturated heterocycles. The van der Waals surface area contributed by atoms with E-state index < -0.39 is 28.9 Å². The molecule has 0 aliphatic heterocycles. The quantitative estimate of drug-likeness (QED) is 0.425. The minimum atomic E-state index is -6.68. The van der Waals surface area contributed by atoms with Crippen LogP contribution in [0, 0.1) is 0 Å². The number of halogens is 11. The Balaban J connectivity index is 5.30. The van der Waals surface area contributed by atoms with Gasteiger partial charge in [-0.2, -0.15) is 43.9 Å². The van der Waals surface area contributed by atoms with Crippen LogP contribution in [-0.2, 0) is 0 Å². The molecule has 0 heterocycles. The van der Waals surface area contributed by atoms with Gasteiger partial charge in [0.05, 0.1) is 0 Å². The third kappa shape index (κ3) is 2.44. The van der Waals surface area contributed by atoms with Gasteiger partial charge in [0.25, 0.3) is 0 Å². The molecule has 0 unspecified atom stereocenters. The van der Waals surface area contributed by atoms with E-state index in [1.165, 1.54) is 0 Å². The number of nitrogens with zero attached hydrogens (tertiary/aromatic N) is 1. The standard InChI is InChI=1S/C4ClF10N/c5-16(3(12,13)1(6,7)8)4(14,15)2(9,10)11. The van der Waals surface area contributed by atoms with E-state index >= 15 is 0 Å². The summed E-state index contributed by atoms with van der Waals surface area (Å²) in [7, 11) is 0. The molecule has 0 radical (unpaired) electrons. The Bertz CT molecular complexity index is 227. The highest BCUT2D eigenvalue weighted by atomic mass is 35.5. The van der Waals surface area contributed by atoms with Gasteiger partial charge >= 0.3 is 24.4 Å². The molecule has 0 aliphatic rings. The van der Waals surface area contributed by atoms with Gasteiger partial charge in [-0.3, -0.25) is 0 Å². The molecule has 98 valence electrons. The van der Waals surface area contributed by atoms with E-state index in [9.17, 15) is 43.9 Å². The van der Waals surface area contributed by atoms with E-state index in [1.807, 2.05) is 0 Å². The summed E-state index contributed by atoms with van der Waals surface area (Å²) in [4.78, 5) is 0. The SMILES string of the molecule is FC(F)(F)C(F)(F)N(Cl)C(F)(F)C(F)(F)F. The summed E-state index contributed by atoms with van der Waals surface area (Å²) < 4.78 is 114. The summed E-state index contributed by atoms with van der Waals surface area (Å²) in [6.45, 7) is 0. The van der Waals surface area contributed by atoms with Gasteiger partial charge < -0.3 is 0 Å². The Hall–Kier alpha value is -0.450. The van der Waals surface area contributed by atoms with Gasteiger partial charge in [0.15, 0.2) is 0 Å². The molecule has 0 aromatic carbocycles. The third-order valence-electron chi connectivity index (χ3n) is 1.18. The van der Waals surface area contributed by atoms with Gasteiger partial charge in [-0.15, -0.1) is 0 Å². The first kappa shape index (κ1) is 15.6. The zero-order chi connectivity index (χ0) is 13.6. The molecule has 1 nitrogen and oxygen atoms in total. The van der Waals surface area contributed by atoms with E-state index in [-0.39, 0.29) is 0 Å². The lowest BCUT2D eigenvalue weighted by Crippen LogP contribution is -2.60. The smallest absolute Gasteiger partial charge is 0.176 e. The molecular formula is C4ClF10N. The fourth-order valence-corrected chi connectivity index (χ4v) is 0.591. The summed E-state index contributed by atoms with van der Waals surface area (Å²) in [5, 5.41) is 0. The molecule has 0 fully saturated rings. The van der Waals surface area contributed by atoms with E-state index in [2.05, 4.69) is 11.8 Å². The van der Waals surface area contributed by atoms with E-state index in [0.717, 1.165) is 0 Å². The molecule has 0 N–H and O–H groups in total. The van der Waals surface area contributed by atoms with E-state index in [0.29, 0.717) is 0 Å². The molecule has 0 atom stereocenters. The molecule has 0 bridgehead atoms. The minimum absolute atomic E-state index is 2.90. The van der Waals surface area contributed by atoms with Crippen molar-refractivity contribution in [3.8, 4) is 0 Å². The van der Waals surface area contributed by atoms with Crippen LogP contribution < -0.4 is 0 Å². The van der Waals surface area contributed by atoms with Gasteiger partial charge in [0.2, 0.25) is 0 Å². The topological polar surface area (TPSA) is 3.24 Å². The first-order chi connectivity index (χ1) is 6.65. The molecular weight excluding hydrogens is 287 g/mol. The van der Waals surface area contributed by atoms with Crippen molar-refractivity contribution in [3.63, 3.8) is 0 Å². The van der Waals surface area contributed by atoms with Gasteiger partial charge in [0, 0.05) is 0 Å². The van der Waals surface area contributed by atoms with Crippen molar-refractivity contribution in [1.29, 1.82) is 0 Å². The highest BCUT2D eigenvalue weighted by Gasteiger charge is 2.74. The van der Waals surface area contributed by atoms with Crippen LogP contribution in [0.4, 0.5) is 43.9 Å². The number of hydrogen-bond donors (Lipinski definition) is 0. The number of alkyl halides is 10. The summed E-state index contributed by atoms with van der Waals surface area (Å²) in [5.41, 5.74) is 0. The Morgan fingerprint density at radius 2 is 0.750 bits per heavy atom. The van der Waals surface area contributed by atoms with Crippen LogP contribution in [0.5, 0.6) is 0 Å². The maximum Gasteiger partial charge on any atom is 0.470 e. The van der Waals surface area contributed by atoms with Crippen molar-refractivity contribution in [1.82, 2.24) is 4.42 Å². The van der Waals surface area contributed by atoms with Crippen molar-refractivity contribution < 1.29 is 43.9 Å². The van der Waals surface area contributed by atoms with Gasteiger partial charge in [0.1, 0.15) is 0 Å². The van der Waals surface area contributed by atoms with Gasteiger partial charge in [-0.1, -0.05) is 4.42 Å². The summed E-state index contributed by atoms with van der Waals surface area (Å²) in [5.74, 6) is 0. The van der Waals surface area contributed by atoms with Crippen LogP contribution in [0.1, 0.15) is 0 Å². The maximum atomic E-state index is 12.0. The molecule has 0 aromatic heterocycles. The fourth-order valence-electron chi connectivity index (χ4n) is 0.399. The average molecular weight is 287 g/mol. The molecule has 0 spiro atoms. The Labute approximate surface area is 85.7 Å². The lowest BCUT2D eigenvalue weighted by atomic mass is 10.4. The summed E-state index contributed by atoms with van der Waals surface area (Å²) >= 11 is 3.73. The third-order valence-corrected chi connectivity index (χ3v) is 1.60. The van der Waals surface area contributed by atoms with Crippen molar-refractivity contribution in [2.24, 2.45) is 0 Å². The second-order valence-corrected chi connectivity index (χ2v) is 2.70. The van der Waals surface area contributed by atoms with Crippen molar-refractivity contribution in [2.75, 3.05) is 0 Å². The highest BCUT2D eigenvalue weighted by molar-refractivity contribution is 6.14. The van der Waals surface area contributed by atoms with Crippen molar-refractivity contribution >= 4 is 11.8 Å². The van der Waals surface area contributed by atoms with Crippen LogP contribution in [0.15, 0.2) is 0 Å². The maximum absolute atomic E-state index is 12.0. The number of hydrogen-bond acceptors (Lipinski definition) is 1. The predicted octanol–water partition coefficient (Wildman–Crippen LogP) is 3.75. The van der Waals surface area contributed by atoms with Crippen LogP contribution in [0.25, 0.3) is 0 Å². The second-order valence-electron chi connectivity index (χ2n) is 2.36. The number of rotatable bonds is 2. The van der Waals surface area contributed by atoms with Crippen LogP contribution in [0.3, 0.4) is 0 Å². The zero-order valence-electron chi connectivity index (χ0n) is 6.60. The lowest BCUT2D eigenvalue weighted by Gasteiger charge is -2.32. The van der Waals surface area contributed by atoms with Gasteiger partial charge in [-0.25, -0.2) is 0 Å². The molecule has 0 aliphatic carbocycles. The first-order valence-electron chi connectivity index (χ1n) is 3.01. The molecule has 0 aromatic rings. The minimum Gasteiger partial charge on any atom is -0.176 e. The zero-order valence-corrected chi connectivity index (χ0v) is 7.36. The Morgan fingerprint density at radius 3 is 0.875 bits per heavy atom. The predicted molar refractivity (Wildman–Crippen MR) is 29.7 cm³/mol. The van der Waals surface area contributed by atoms with E-state index in [4.69, 9.17) is 0 Å². The van der Waals surface area contributed by atoms with Crippen molar-refractivity contribution in [2.45, 2.75) is 24.4 Å². The van der Waals surface area contributed by atoms with Crippen molar-refractivity contribution in [3.05, 3.63) is 0 Å². The molecule has 12 heteroatoms. The highest BCUT2D eigenvalue weighted by Crippen LogP contribution is 2.49. The molecule has 0 saturated carbocycles. The Morgan fingerprint density at radius 1 is 0.562 bits per heavy atom. The molecule has 0 rings (SSSR count). The summed E-state index contributed by atoms with van der Waals surface area (Å²) in [6.07, 6.45) is -13.4. The molecule has 0 amide bonds. The average Bonchev–Trinajstić information content (AvgIpc) is 1.98. The normalized spacial score (nSPS) is 15.8. The first-order valence-corrected chi connectivity index (χ1v) is 3.34. The lowest BCUT2D eigenvalue weighted by molar-refractivity contribution is -0.407. The largest absolute Gasteiger partial charge is 0.470 e. The monoisotopic (exact) mass is 287 g/mol.